The maximum atomic E-state index is 12.8. The van der Waals surface area contributed by atoms with Gasteiger partial charge in [-0.05, 0) is 48.9 Å². The van der Waals surface area contributed by atoms with Crippen molar-refractivity contribution < 1.29 is 9.18 Å². The minimum Gasteiger partial charge on any atom is -0.321 e. The first-order valence-corrected chi connectivity index (χ1v) is 6.26. The van der Waals surface area contributed by atoms with Gasteiger partial charge in [0.05, 0.1) is 10.7 Å². The predicted molar refractivity (Wildman–Crippen MR) is 75.6 cm³/mol. The van der Waals surface area contributed by atoms with Crippen LogP contribution in [0.25, 0.3) is 0 Å². The molecule has 98 valence electrons. The second-order valence-corrected chi connectivity index (χ2v) is 4.78. The fraction of sp³-hybridized carbons (Fsp3) is 0.0714. The Bertz CT molecular complexity index is 626. The zero-order valence-corrected chi connectivity index (χ0v) is 11.5. The predicted octanol–water partition coefficient (Wildman–Crippen LogP) is 4.69. The molecule has 0 unspecified atom stereocenters. The van der Waals surface area contributed by atoms with Crippen molar-refractivity contribution in [2.45, 2.75) is 6.92 Å². The van der Waals surface area contributed by atoms with Gasteiger partial charge in [-0.15, -0.1) is 0 Å². The topological polar surface area (TPSA) is 29.1 Å². The third kappa shape index (κ3) is 3.06. The molecule has 0 aliphatic carbocycles. The lowest BCUT2D eigenvalue weighted by atomic mass is 10.2. The van der Waals surface area contributed by atoms with Crippen LogP contribution < -0.4 is 5.32 Å². The van der Waals surface area contributed by atoms with Gasteiger partial charge in [0.15, 0.2) is 0 Å². The van der Waals surface area contributed by atoms with Crippen molar-refractivity contribution in [3.8, 4) is 0 Å². The van der Waals surface area contributed by atoms with Crippen LogP contribution in [-0.2, 0) is 0 Å². The molecular formula is C14H10Cl2FNO. The van der Waals surface area contributed by atoms with Crippen LogP contribution in [0.15, 0.2) is 36.4 Å². The van der Waals surface area contributed by atoms with Gasteiger partial charge < -0.3 is 5.32 Å². The summed E-state index contributed by atoms with van der Waals surface area (Å²) in [7, 11) is 0. The largest absolute Gasteiger partial charge is 0.321 e. The van der Waals surface area contributed by atoms with E-state index in [2.05, 4.69) is 5.32 Å². The van der Waals surface area contributed by atoms with Gasteiger partial charge in [0.2, 0.25) is 0 Å². The van der Waals surface area contributed by atoms with E-state index in [1.165, 1.54) is 24.3 Å². The Labute approximate surface area is 120 Å². The number of amides is 1. The second-order valence-electron chi connectivity index (χ2n) is 3.99. The number of benzene rings is 2. The van der Waals surface area contributed by atoms with Crippen LogP contribution in [-0.4, -0.2) is 5.91 Å². The molecule has 2 nitrogen and oxygen atoms in total. The summed E-state index contributed by atoms with van der Waals surface area (Å²) >= 11 is 12.0. The zero-order chi connectivity index (χ0) is 14.0. The number of carbonyl (C=O) groups is 1. The normalized spacial score (nSPS) is 10.3. The van der Waals surface area contributed by atoms with E-state index in [0.717, 1.165) is 0 Å². The molecule has 1 N–H and O–H groups in total. The maximum absolute atomic E-state index is 12.8. The van der Waals surface area contributed by atoms with Crippen LogP contribution >= 0.6 is 23.2 Å². The number of nitrogens with one attached hydrogen (secondary N) is 1. The first-order chi connectivity index (χ1) is 8.99. The smallest absolute Gasteiger partial charge is 0.255 e. The average molecular weight is 298 g/mol. The van der Waals surface area contributed by atoms with Gasteiger partial charge in [-0.3, -0.25) is 4.79 Å². The molecule has 0 heterocycles. The fourth-order valence-corrected chi connectivity index (χ4v) is 1.97. The molecule has 0 aliphatic rings. The van der Waals surface area contributed by atoms with E-state index in [1.807, 2.05) is 0 Å². The molecule has 0 saturated carbocycles. The highest BCUT2D eigenvalue weighted by Crippen LogP contribution is 2.31. The standard InChI is InChI=1S/C14H10Cl2FNO/c1-8-11(15)6-7-12(13(8)16)18-14(19)9-2-4-10(17)5-3-9/h2-7H,1H3,(H,18,19). The van der Waals surface area contributed by atoms with Gasteiger partial charge in [0, 0.05) is 10.6 Å². The average Bonchev–Trinajstić information content (AvgIpc) is 2.40. The maximum Gasteiger partial charge on any atom is 0.255 e. The Morgan fingerprint density at radius 2 is 1.74 bits per heavy atom. The van der Waals surface area contributed by atoms with E-state index in [0.29, 0.717) is 26.9 Å². The van der Waals surface area contributed by atoms with Crippen molar-refractivity contribution in [2.24, 2.45) is 0 Å². The van der Waals surface area contributed by atoms with E-state index >= 15 is 0 Å². The van der Waals surface area contributed by atoms with Crippen LogP contribution in [0, 0.1) is 12.7 Å². The van der Waals surface area contributed by atoms with Gasteiger partial charge in [0.25, 0.3) is 5.91 Å². The molecule has 2 aromatic rings. The summed E-state index contributed by atoms with van der Waals surface area (Å²) < 4.78 is 12.8. The Morgan fingerprint density at radius 1 is 1.11 bits per heavy atom. The first kappa shape index (κ1) is 13.8. The number of carbonyl (C=O) groups excluding carboxylic acids is 1. The third-order valence-electron chi connectivity index (χ3n) is 2.67. The summed E-state index contributed by atoms with van der Waals surface area (Å²) in [5, 5.41) is 3.59. The lowest BCUT2D eigenvalue weighted by Crippen LogP contribution is -2.12. The molecule has 2 rings (SSSR count). The monoisotopic (exact) mass is 297 g/mol. The summed E-state index contributed by atoms with van der Waals surface area (Å²) in [6.07, 6.45) is 0. The summed E-state index contributed by atoms with van der Waals surface area (Å²) in [4.78, 5) is 11.9. The SMILES string of the molecule is Cc1c(Cl)ccc(NC(=O)c2ccc(F)cc2)c1Cl. The molecule has 0 saturated heterocycles. The Balaban J connectivity index is 2.24. The van der Waals surface area contributed by atoms with Crippen molar-refractivity contribution in [1.82, 2.24) is 0 Å². The lowest BCUT2D eigenvalue weighted by molar-refractivity contribution is 0.102. The number of hydrogen-bond donors (Lipinski definition) is 1. The van der Waals surface area contributed by atoms with Crippen LogP contribution in [0.1, 0.15) is 15.9 Å². The first-order valence-electron chi connectivity index (χ1n) is 5.50. The van der Waals surface area contributed by atoms with Crippen molar-refractivity contribution in [2.75, 3.05) is 5.32 Å². The van der Waals surface area contributed by atoms with Gasteiger partial charge in [-0.25, -0.2) is 4.39 Å². The summed E-state index contributed by atoms with van der Waals surface area (Å²) in [5.74, 6) is -0.749. The third-order valence-corrected chi connectivity index (χ3v) is 3.57. The van der Waals surface area contributed by atoms with Gasteiger partial charge in [-0.1, -0.05) is 23.2 Å². The minimum absolute atomic E-state index is 0.352. The molecule has 5 heteroatoms. The van der Waals surface area contributed by atoms with Crippen molar-refractivity contribution in [3.05, 3.63) is 63.4 Å². The molecule has 0 aromatic heterocycles. The molecule has 0 atom stereocenters. The Morgan fingerprint density at radius 3 is 2.37 bits per heavy atom. The van der Waals surface area contributed by atoms with Crippen molar-refractivity contribution in [1.29, 1.82) is 0 Å². The van der Waals surface area contributed by atoms with E-state index in [4.69, 9.17) is 23.2 Å². The molecule has 0 radical (unpaired) electrons. The van der Waals surface area contributed by atoms with Gasteiger partial charge >= 0.3 is 0 Å². The Kier molecular flexibility index (Phi) is 4.08. The van der Waals surface area contributed by atoms with Crippen molar-refractivity contribution in [3.63, 3.8) is 0 Å². The van der Waals surface area contributed by atoms with E-state index in [9.17, 15) is 9.18 Å². The molecule has 0 bridgehead atoms. The van der Waals surface area contributed by atoms with Crippen molar-refractivity contribution >= 4 is 34.8 Å². The molecule has 2 aromatic carbocycles. The molecule has 19 heavy (non-hydrogen) atoms. The quantitative estimate of drug-likeness (QED) is 0.856. The highest BCUT2D eigenvalue weighted by Gasteiger charge is 2.11. The van der Waals surface area contributed by atoms with E-state index < -0.39 is 5.82 Å². The Hall–Kier alpha value is -1.58. The number of rotatable bonds is 2. The number of hydrogen-bond acceptors (Lipinski definition) is 1. The highest BCUT2D eigenvalue weighted by molar-refractivity contribution is 6.38. The molecular weight excluding hydrogens is 288 g/mol. The van der Waals surface area contributed by atoms with Crippen LogP contribution in [0.2, 0.25) is 10.0 Å². The van der Waals surface area contributed by atoms with Gasteiger partial charge in [0.1, 0.15) is 5.82 Å². The second kappa shape index (κ2) is 5.59. The number of anilines is 1. The molecule has 0 fully saturated rings. The lowest BCUT2D eigenvalue weighted by Gasteiger charge is -2.10. The zero-order valence-electron chi connectivity index (χ0n) is 10.0. The van der Waals surface area contributed by atoms with Crippen LogP contribution in [0.3, 0.4) is 0 Å². The molecule has 0 aliphatic heterocycles. The highest BCUT2D eigenvalue weighted by atomic mass is 35.5. The molecule has 0 spiro atoms. The van der Waals surface area contributed by atoms with Gasteiger partial charge in [-0.2, -0.15) is 0 Å². The summed E-state index contributed by atoms with van der Waals surface area (Å²) in [5.41, 5.74) is 1.52. The van der Waals surface area contributed by atoms with E-state index in [-0.39, 0.29) is 5.91 Å². The molecule has 1 amide bonds. The minimum atomic E-state index is -0.392. The summed E-state index contributed by atoms with van der Waals surface area (Å²) in [6, 6.07) is 8.54. The van der Waals surface area contributed by atoms with Crippen LogP contribution in [0.5, 0.6) is 0 Å². The fourth-order valence-electron chi connectivity index (χ4n) is 1.55. The summed E-state index contributed by atoms with van der Waals surface area (Å²) in [6.45, 7) is 1.76. The van der Waals surface area contributed by atoms with E-state index in [1.54, 1.807) is 19.1 Å². The van der Waals surface area contributed by atoms with Crippen LogP contribution in [0.4, 0.5) is 10.1 Å². The number of halogens is 3.